The fourth-order valence-corrected chi connectivity index (χ4v) is 2.44. The van der Waals surface area contributed by atoms with Crippen LogP contribution < -0.4 is 0 Å². The lowest BCUT2D eigenvalue weighted by atomic mass is 9.75. The van der Waals surface area contributed by atoms with Gasteiger partial charge in [0, 0.05) is 19.5 Å². The van der Waals surface area contributed by atoms with Gasteiger partial charge in [-0.25, -0.2) is 4.79 Å². The molecule has 1 aliphatic rings. The molecule has 0 aliphatic carbocycles. The highest BCUT2D eigenvalue weighted by Crippen LogP contribution is 2.36. The first-order chi connectivity index (χ1) is 9.70. The van der Waals surface area contributed by atoms with Crippen LogP contribution in [0.4, 0.5) is 4.79 Å². The van der Waals surface area contributed by atoms with Crippen molar-refractivity contribution in [1.29, 1.82) is 0 Å². The van der Waals surface area contributed by atoms with E-state index in [1.54, 1.807) is 11.8 Å². The molecule has 1 aliphatic heterocycles. The molecule has 1 rings (SSSR count). The molecule has 0 aromatic heterocycles. The number of carboxylic acids is 1. The summed E-state index contributed by atoms with van der Waals surface area (Å²) in [7, 11) is 0. The summed E-state index contributed by atoms with van der Waals surface area (Å²) in [6, 6.07) is 0. The number of hydrogen-bond acceptors (Lipinski definition) is 3. The monoisotopic (exact) mass is 295 g/mol. The largest absolute Gasteiger partial charge is 0.481 e. The SMILES string of the molecule is CC#CCCC1(C(=O)O)CCN(C(=O)OC(C)(C)C)CC1. The van der Waals surface area contributed by atoms with E-state index >= 15 is 0 Å². The Hall–Kier alpha value is -1.70. The van der Waals surface area contributed by atoms with E-state index in [0.29, 0.717) is 38.8 Å². The first-order valence-corrected chi connectivity index (χ1v) is 7.31. The zero-order valence-corrected chi connectivity index (χ0v) is 13.4. The topological polar surface area (TPSA) is 66.8 Å². The molecule has 1 saturated heterocycles. The van der Waals surface area contributed by atoms with Gasteiger partial charge in [-0.15, -0.1) is 11.8 Å². The summed E-state index contributed by atoms with van der Waals surface area (Å²) in [4.78, 5) is 25.2. The van der Waals surface area contributed by atoms with Crippen LogP contribution in [0.25, 0.3) is 0 Å². The van der Waals surface area contributed by atoms with Crippen LogP contribution >= 0.6 is 0 Å². The highest BCUT2D eigenvalue weighted by molar-refractivity contribution is 5.75. The van der Waals surface area contributed by atoms with Crippen LogP contribution in [0, 0.1) is 17.3 Å². The number of likely N-dealkylation sites (tertiary alicyclic amines) is 1. The van der Waals surface area contributed by atoms with E-state index in [1.165, 1.54) is 0 Å². The van der Waals surface area contributed by atoms with E-state index in [1.807, 2.05) is 20.8 Å². The van der Waals surface area contributed by atoms with Crippen LogP contribution in [0.2, 0.25) is 0 Å². The van der Waals surface area contributed by atoms with E-state index < -0.39 is 17.0 Å². The van der Waals surface area contributed by atoms with Crippen molar-refractivity contribution >= 4 is 12.1 Å². The van der Waals surface area contributed by atoms with Crippen molar-refractivity contribution in [3.05, 3.63) is 0 Å². The lowest BCUT2D eigenvalue weighted by Gasteiger charge is -2.39. The van der Waals surface area contributed by atoms with Crippen molar-refractivity contribution in [2.75, 3.05) is 13.1 Å². The Bertz CT molecular complexity index is 445. The molecule has 0 unspecified atom stereocenters. The Morgan fingerprint density at radius 3 is 2.29 bits per heavy atom. The van der Waals surface area contributed by atoms with Crippen LogP contribution in [0.15, 0.2) is 0 Å². The second-order valence-electron chi connectivity index (χ2n) is 6.48. The molecule has 1 heterocycles. The maximum atomic E-state index is 12.0. The molecule has 0 spiro atoms. The number of carboxylic acid groups (broad SMARTS) is 1. The Morgan fingerprint density at radius 2 is 1.86 bits per heavy atom. The summed E-state index contributed by atoms with van der Waals surface area (Å²) in [6.07, 6.45) is 1.65. The van der Waals surface area contributed by atoms with Gasteiger partial charge in [-0.05, 0) is 47.0 Å². The number of rotatable bonds is 3. The molecule has 0 saturated carbocycles. The number of aliphatic carboxylic acids is 1. The molecule has 1 fully saturated rings. The maximum Gasteiger partial charge on any atom is 0.410 e. The van der Waals surface area contributed by atoms with Gasteiger partial charge in [0.15, 0.2) is 0 Å². The smallest absolute Gasteiger partial charge is 0.410 e. The molecule has 1 N–H and O–H groups in total. The molecule has 0 aromatic rings. The third kappa shape index (κ3) is 4.96. The van der Waals surface area contributed by atoms with Crippen molar-refractivity contribution in [1.82, 2.24) is 4.90 Å². The zero-order chi connectivity index (χ0) is 16.1. The predicted molar refractivity (Wildman–Crippen MR) is 79.8 cm³/mol. The fraction of sp³-hybridized carbons (Fsp3) is 0.750. The third-order valence-electron chi connectivity index (χ3n) is 3.73. The van der Waals surface area contributed by atoms with Crippen LogP contribution in [0.3, 0.4) is 0 Å². The highest BCUT2D eigenvalue weighted by Gasteiger charge is 2.42. The number of piperidine rings is 1. The first-order valence-electron chi connectivity index (χ1n) is 7.31. The Labute approximate surface area is 126 Å². The van der Waals surface area contributed by atoms with Crippen molar-refractivity contribution < 1.29 is 19.4 Å². The lowest BCUT2D eigenvalue weighted by molar-refractivity contribution is -0.152. The van der Waals surface area contributed by atoms with Crippen LogP contribution in [-0.2, 0) is 9.53 Å². The van der Waals surface area contributed by atoms with Crippen molar-refractivity contribution in [2.45, 2.75) is 59.0 Å². The van der Waals surface area contributed by atoms with E-state index in [4.69, 9.17) is 4.74 Å². The second-order valence-corrected chi connectivity index (χ2v) is 6.48. The number of carbonyl (C=O) groups excluding carboxylic acids is 1. The van der Waals surface area contributed by atoms with E-state index in [0.717, 1.165) is 0 Å². The van der Waals surface area contributed by atoms with Crippen LogP contribution in [0.1, 0.15) is 53.4 Å². The van der Waals surface area contributed by atoms with Gasteiger partial charge in [-0.2, -0.15) is 0 Å². The molecule has 21 heavy (non-hydrogen) atoms. The quantitative estimate of drug-likeness (QED) is 0.813. The molecular formula is C16H25NO4. The molecule has 118 valence electrons. The number of hydrogen-bond donors (Lipinski definition) is 1. The van der Waals surface area contributed by atoms with E-state index in [2.05, 4.69) is 11.8 Å². The molecule has 5 heteroatoms. The average Bonchev–Trinajstić information content (AvgIpc) is 2.37. The zero-order valence-electron chi connectivity index (χ0n) is 13.4. The summed E-state index contributed by atoms with van der Waals surface area (Å²) in [6.45, 7) is 8.04. The van der Waals surface area contributed by atoms with Gasteiger partial charge in [0.1, 0.15) is 5.60 Å². The molecule has 1 amide bonds. The number of carbonyl (C=O) groups is 2. The molecule has 0 radical (unpaired) electrons. The van der Waals surface area contributed by atoms with Crippen molar-refractivity contribution in [3.63, 3.8) is 0 Å². The van der Waals surface area contributed by atoms with Gasteiger partial charge in [-0.1, -0.05) is 0 Å². The molecular weight excluding hydrogens is 270 g/mol. The predicted octanol–water partition coefficient (Wildman–Crippen LogP) is 2.89. The minimum atomic E-state index is -0.788. The minimum absolute atomic E-state index is 0.366. The fourth-order valence-electron chi connectivity index (χ4n) is 2.44. The van der Waals surface area contributed by atoms with Crippen LogP contribution in [-0.4, -0.2) is 40.8 Å². The van der Waals surface area contributed by atoms with Gasteiger partial charge in [-0.3, -0.25) is 4.79 Å². The molecule has 0 aromatic carbocycles. The molecule has 0 atom stereocenters. The second kappa shape index (κ2) is 6.84. The highest BCUT2D eigenvalue weighted by atomic mass is 16.6. The standard InChI is InChI=1S/C16H25NO4/c1-5-6-7-8-16(13(18)19)9-11-17(12-10-16)14(20)21-15(2,3)4/h7-12H2,1-4H3,(H,18,19). The Morgan fingerprint density at radius 1 is 1.29 bits per heavy atom. The summed E-state index contributed by atoms with van der Waals surface area (Å²) in [5.74, 6) is 4.92. The number of ether oxygens (including phenoxy) is 1. The summed E-state index contributed by atoms with van der Waals surface area (Å²) in [5, 5.41) is 9.52. The lowest BCUT2D eigenvalue weighted by Crippen LogP contribution is -2.47. The summed E-state index contributed by atoms with van der Waals surface area (Å²) in [5.41, 5.74) is -1.29. The first kappa shape index (κ1) is 17.4. The van der Waals surface area contributed by atoms with Gasteiger partial charge in [0.25, 0.3) is 0 Å². The molecule has 0 bridgehead atoms. The minimum Gasteiger partial charge on any atom is -0.481 e. The van der Waals surface area contributed by atoms with Gasteiger partial charge in [0.05, 0.1) is 5.41 Å². The van der Waals surface area contributed by atoms with Gasteiger partial charge < -0.3 is 14.7 Å². The van der Waals surface area contributed by atoms with Gasteiger partial charge in [0.2, 0.25) is 0 Å². The van der Waals surface area contributed by atoms with Crippen LogP contribution in [0.5, 0.6) is 0 Å². The normalized spacial score (nSPS) is 17.6. The van der Waals surface area contributed by atoms with E-state index in [9.17, 15) is 14.7 Å². The summed E-state index contributed by atoms with van der Waals surface area (Å²) < 4.78 is 5.32. The van der Waals surface area contributed by atoms with Crippen molar-refractivity contribution in [3.8, 4) is 11.8 Å². The maximum absolute atomic E-state index is 12.0. The number of amides is 1. The van der Waals surface area contributed by atoms with Crippen molar-refractivity contribution in [2.24, 2.45) is 5.41 Å². The Kier molecular flexibility index (Phi) is 5.65. The van der Waals surface area contributed by atoms with Gasteiger partial charge >= 0.3 is 12.1 Å². The number of nitrogens with zero attached hydrogens (tertiary/aromatic N) is 1. The third-order valence-corrected chi connectivity index (χ3v) is 3.73. The van der Waals surface area contributed by atoms with E-state index in [-0.39, 0.29) is 6.09 Å². The summed E-state index contributed by atoms with van der Waals surface area (Å²) >= 11 is 0. The molecule has 5 nitrogen and oxygen atoms in total. The average molecular weight is 295 g/mol. The Balaban J connectivity index is 2.63.